The van der Waals surface area contributed by atoms with E-state index < -0.39 is 16.1 Å². The maximum absolute atomic E-state index is 13.4. The van der Waals surface area contributed by atoms with Crippen molar-refractivity contribution in [1.82, 2.24) is 5.32 Å². The molecule has 0 fully saturated rings. The fraction of sp³-hybridized carbons (Fsp3) is 0.208. The Morgan fingerprint density at radius 2 is 1.72 bits per heavy atom. The summed E-state index contributed by atoms with van der Waals surface area (Å²) < 4.78 is 39.0. The van der Waals surface area contributed by atoms with E-state index in [4.69, 9.17) is 9.47 Å². The number of rotatable bonds is 7. The average Bonchev–Trinajstić information content (AvgIpc) is 2.84. The van der Waals surface area contributed by atoms with Crippen LogP contribution in [-0.2, 0) is 21.2 Å². The fourth-order valence-electron chi connectivity index (χ4n) is 3.53. The number of para-hydroxylation sites is 2. The molecule has 0 spiro atoms. The molecule has 1 heterocycles. The molecular weight excluding hydrogens is 428 g/mol. The summed E-state index contributed by atoms with van der Waals surface area (Å²) in [5.74, 6) is 0.548. The van der Waals surface area contributed by atoms with Crippen molar-refractivity contribution in [1.29, 1.82) is 0 Å². The monoisotopic (exact) mass is 452 g/mol. The number of carbonyl (C=O) groups is 1. The number of benzene rings is 3. The molecule has 4 rings (SSSR count). The minimum atomic E-state index is -3.91. The molecule has 3 aromatic carbocycles. The Balaban J connectivity index is 1.54. The largest absolute Gasteiger partial charge is 0.497 e. The Morgan fingerprint density at radius 1 is 1.03 bits per heavy atom. The van der Waals surface area contributed by atoms with Crippen LogP contribution in [0, 0.1) is 0 Å². The molecule has 0 bridgehead atoms. The summed E-state index contributed by atoms with van der Waals surface area (Å²) in [5, 5.41) is 2.86. The van der Waals surface area contributed by atoms with E-state index in [2.05, 4.69) is 5.32 Å². The number of methoxy groups -OCH3 is 1. The second-order valence-corrected chi connectivity index (χ2v) is 9.17. The first-order valence-electron chi connectivity index (χ1n) is 10.2. The molecule has 1 aliphatic rings. The number of ether oxygens (including phenoxy) is 2. The van der Waals surface area contributed by atoms with Gasteiger partial charge in [0, 0.05) is 6.54 Å². The lowest BCUT2D eigenvalue weighted by atomic mass is 10.1. The van der Waals surface area contributed by atoms with Crippen molar-refractivity contribution >= 4 is 21.6 Å². The van der Waals surface area contributed by atoms with Gasteiger partial charge in [-0.15, -0.1) is 0 Å². The highest BCUT2D eigenvalue weighted by Crippen LogP contribution is 2.37. The van der Waals surface area contributed by atoms with Gasteiger partial charge in [0.1, 0.15) is 11.5 Å². The van der Waals surface area contributed by atoms with Gasteiger partial charge in [0.15, 0.2) is 6.10 Å². The maximum Gasteiger partial charge on any atom is 0.264 e. The first-order chi connectivity index (χ1) is 15.5. The van der Waals surface area contributed by atoms with Crippen LogP contribution in [0.2, 0.25) is 0 Å². The second-order valence-electron chi connectivity index (χ2n) is 7.31. The fourth-order valence-corrected chi connectivity index (χ4v) is 5.01. The Morgan fingerprint density at radius 3 is 2.44 bits per heavy atom. The number of nitrogens with one attached hydrogen (secondary N) is 1. The van der Waals surface area contributed by atoms with E-state index in [1.165, 1.54) is 23.5 Å². The molecule has 8 heteroatoms. The third-order valence-corrected chi connectivity index (χ3v) is 7.02. The first-order valence-corrected chi connectivity index (χ1v) is 11.7. The van der Waals surface area contributed by atoms with Gasteiger partial charge in [-0.05, 0) is 48.4 Å². The van der Waals surface area contributed by atoms with Gasteiger partial charge in [0.25, 0.3) is 15.9 Å². The van der Waals surface area contributed by atoms with Crippen LogP contribution < -0.4 is 19.1 Å². The lowest BCUT2D eigenvalue weighted by Crippen LogP contribution is -2.51. The lowest BCUT2D eigenvalue weighted by molar-refractivity contribution is -0.127. The van der Waals surface area contributed by atoms with Crippen molar-refractivity contribution in [2.24, 2.45) is 0 Å². The summed E-state index contributed by atoms with van der Waals surface area (Å²) in [7, 11) is -2.40. The predicted octanol–water partition coefficient (Wildman–Crippen LogP) is 3.01. The normalized spacial score (nSPS) is 15.4. The summed E-state index contributed by atoms with van der Waals surface area (Å²) in [6.45, 7) is 0.304. The number of hydrogen-bond donors (Lipinski definition) is 1. The summed E-state index contributed by atoms with van der Waals surface area (Å²) >= 11 is 0. The van der Waals surface area contributed by atoms with Gasteiger partial charge in [-0.3, -0.25) is 9.10 Å². The zero-order valence-electron chi connectivity index (χ0n) is 17.6. The van der Waals surface area contributed by atoms with E-state index in [9.17, 15) is 13.2 Å². The predicted molar refractivity (Wildman–Crippen MR) is 122 cm³/mol. The van der Waals surface area contributed by atoms with E-state index >= 15 is 0 Å². The van der Waals surface area contributed by atoms with Gasteiger partial charge in [0.05, 0.1) is 24.2 Å². The standard InChI is InChI=1S/C24H24N2O5S/c1-30-19-11-13-20(14-12-19)32(28,29)26-17-23(31-22-10-6-5-9-21(22)26)24(27)25-16-15-18-7-3-2-4-8-18/h2-14,23H,15-17H2,1H3,(H,25,27)/t23-/m0/s1. The number of fused-ring (bicyclic) bond motifs is 1. The first kappa shape index (κ1) is 21.7. The minimum Gasteiger partial charge on any atom is -0.497 e. The van der Waals surface area contributed by atoms with Crippen molar-refractivity contribution in [2.75, 3.05) is 24.5 Å². The molecule has 0 radical (unpaired) electrons. The molecule has 166 valence electrons. The van der Waals surface area contributed by atoms with Crippen molar-refractivity contribution in [3.05, 3.63) is 84.4 Å². The van der Waals surface area contributed by atoms with Crippen molar-refractivity contribution < 1.29 is 22.7 Å². The van der Waals surface area contributed by atoms with Crippen LogP contribution in [0.3, 0.4) is 0 Å². The van der Waals surface area contributed by atoms with E-state index in [0.717, 1.165) is 5.56 Å². The topological polar surface area (TPSA) is 84.9 Å². The van der Waals surface area contributed by atoms with Crippen LogP contribution >= 0.6 is 0 Å². The minimum absolute atomic E-state index is 0.109. The number of carbonyl (C=O) groups excluding carboxylic acids is 1. The zero-order valence-corrected chi connectivity index (χ0v) is 18.4. The molecule has 3 aromatic rings. The number of sulfonamides is 1. The molecule has 0 unspecified atom stereocenters. The summed E-state index contributed by atoms with van der Waals surface area (Å²) in [5.41, 5.74) is 1.50. The molecule has 0 aliphatic carbocycles. The molecule has 7 nitrogen and oxygen atoms in total. The summed E-state index contributed by atoms with van der Waals surface area (Å²) in [6, 6.07) is 22.8. The van der Waals surface area contributed by atoms with Gasteiger partial charge >= 0.3 is 0 Å². The van der Waals surface area contributed by atoms with Crippen LogP contribution in [0.25, 0.3) is 0 Å². The van der Waals surface area contributed by atoms with E-state index in [-0.39, 0.29) is 17.3 Å². The third kappa shape index (κ3) is 4.55. The Kier molecular flexibility index (Phi) is 6.32. The van der Waals surface area contributed by atoms with Crippen LogP contribution in [-0.4, -0.2) is 40.6 Å². The Bertz CT molecular complexity index is 1180. The van der Waals surface area contributed by atoms with Gasteiger partial charge < -0.3 is 14.8 Å². The Hall–Kier alpha value is -3.52. The van der Waals surface area contributed by atoms with E-state index in [0.29, 0.717) is 30.2 Å². The zero-order chi connectivity index (χ0) is 22.6. The van der Waals surface area contributed by atoms with Gasteiger partial charge in [-0.25, -0.2) is 8.42 Å². The summed E-state index contributed by atoms with van der Waals surface area (Å²) in [6.07, 6.45) is -0.294. The van der Waals surface area contributed by atoms with E-state index in [1.807, 2.05) is 30.3 Å². The maximum atomic E-state index is 13.4. The van der Waals surface area contributed by atoms with Crippen molar-refractivity contribution in [3.63, 3.8) is 0 Å². The quantitative estimate of drug-likeness (QED) is 0.596. The van der Waals surface area contributed by atoms with Crippen LogP contribution in [0.15, 0.2) is 83.8 Å². The highest BCUT2D eigenvalue weighted by Gasteiger charge is 2.37. The molecule has 1 aliphatic heterocycles. The molecule has 0 aromatic heterocycles. The molecule has 1 atom stereocenters. The van der Waals surface area contributed by atoms with Crippen LogP contribution in [0.5, 0.6) is 11.5 Å². The molecule has 0 saturated heterocycles. The van der Waals surface area contributed by atoms with Gasteiger partial charge in [0.2, 0.25) is 0 Å². The van der Waals surface area contributed by atoms with Gasteiger partial charge in [-0.1, -0.05) is 42.5 Å². The highest BCUT2D eigenvalue weighted by molar-refractivity contribution is 7.92. The third-order valence-electron chi connectivity index (χ3n) is 5.23. The molecular formula is C24H24N2O5S. The van der Waals surface area contributed by atoms with Crippen molar-refractivity contribution in [3.8, 4) is 11.5 Å². The second kappa shape index (κ2) is 9.32. The number of anilines is 1. The molecule has 1 amide bonds. The van der Waals surface area contributed by atoms with E-state index in [1.54, 1.807) is 36.4 Å². The number of nitrogens with zero attached hydrogens (tertiary/aromatic N) is 1. The van der Waals surface area contributed by atoms with Crippen molar-refractivity contribution in [2.45, 2.75) is 17.4 Å². The van der Waals surface area contributed by atoms with Gasteiger partial charge in [-0.2, -0.15) is 0 Å². The smallest absolute Gasteiger partial charge is 0.264 e. The number of amides is 1. The number of hydrogen-bond acceptors (Lipinski definition) is 5. The average molecular weight is 453 g/mol. The molecule has 1 N–H and O–H groups in total. The molecule has 32 heavy (non-hydrogen) atoms. The highest BCUT2D eigenvalue weighted by atomic mass is 32.2. The lowest BCUT2D eigenvalue weighted by Gasteiger charge is -2.34. The Labute approximate surface area is 187 Å². The molecule has 0 saturated carbocycles. The SMILES string of the molecule is COc1ccc(S(=O)(=O)N2C[C@@H](C(=O)NCCc3ccccc3)Oc3ccccc32)cc1. The van der Waals surface area contributed by atoms with Crippen LogP contribution in [0.4, 0.5) is 5.69 Å². The summed E-state index contributed by atoms with van der Waals surface area (Å²) in [4.78, 5) is 12.9. The van der Waals surface area contributed by atoms with Crippen LogP contribution in [0.1, 0.15) is 5.56 Å².